The first-order valence-electron chi connectivity index (χ1n) is 20.5. The number of benzene rings is 4. The number of rotatable bonds is 20. The molecule has 1 fully saturated rings. The van der Waals surface area contributed by atoms with E-state index in [0.717, 1.165) is 15.7 Å². The smallest absolute Gasteiger partial charge is 0.409 e. The number of methoxy groups -OCH3 is 1. The van der Waals surface area contributed by atoms with Crippen molar-refractivity contribution in [3.05, 3.63) is 82.9 Å². The van der Waals surface area contributed by atoms with Gasteiger partial charge in [0.05, 0.1) is 45.2 Å². The van der Waals surface area contributed by atoms with E-state index in [9.17, 15) is 34.2 Å². The number of oxime groups is 1. The summed E-state index contributed by atoms with van der Waals surface area (Å²) in [4.78, 5) is 68.5. The van der Waals surface area contributed by atoms with E-state index in [1.165, 1.54) is 11.9 Å². The van der Waals surface area contributed by atoms with Crippen LogP contribution in [0.4, 0.5) is 4.79 Å². The zero-order chi connectivity index (χ0) is 45.9. The van der Waals surface area contributed by atoms with Gasteiger partial charge in [-0.3, -0.25) is 19.3 Å². The lowest BCUT2D eigenvalue weighted by molar-refractivity contribution is -0.195. The Morgan fingerprint density at radius 1 is 0.968 bits per heavy atom. The summed E-state index contributed by atoms with van der Waals surface area (Å²) in [6.07, 6.45) is -2.80. The van der Waals surface area contributed by atoms with E-state index in [2.05, 4.69) is 22.0 Å². The summed E-state index contributed by atoms with van der Waals surface area (Å²) < 4.78 is 32.5. The first-order chi connectivity index (χ1) is 30.5. The second-order valence-corrected chi connectivity index (χ2v) is 13.9. The number of likely N-dealkylation sites (N-methyl/N-ethyl adjacent to an activating group) is 1. The number of carboxylic acid groups (broad SMARTS) is 1. The number of fused-ring (bicyclic) bond motifs is 2. The molecule has 2 aliphatic rings. The van der Waals surface area contributed by atoms with Crippen LogP contribution in [0.5, 0.6) is 11.5 Å². The predicted molar refractivity (Wildman–Crippen MR) is 232 cm³/mol. The van der Waals surface area contributed by atoms with E-state index in [4.69, 9.17) is 28.4 Å². The molecule has 0 saturated carbocycles. The Hall–Kier alpha value is -6.34. The number of imide groups is 1. The van der Waals surface area contributed by atoms with Crippen LogP contribution in [0.15, 0.2) is 65.8 Å². The molecule has 0 aliphatic carbocycles. The number of carbonyl (C=O) groups excluding carboxylic acids is 4. The molecule has 1 saturated heterocycles. The van der Waals surface area contributed by atoms with Crippen LogP contribution < -0.4 is 14.8 Å². The molecule has 0 aromatic heterocycles. The highest BCUT2D eigenvalue weighted by Gasteiger charge is 2.36. The Morgan fingerprint density at radius 3 is 2.38 bits per heavy atom. The van der Waals surface area contributed by atoms with Gasteiger partial charge in [0.1, 0.15) is 24.7 Å². The zero-order valence-corrected chi connectivity index (χ0v) is 36.2. The minimum Gasteiger partial charge on any atom is -0.496 e. The highest BCUT2D eigenvalue weighted by molar-refractivity contribution is 6.31. The van der Waals surface area contributed by atoms with Crippen molar-refractivity contribution in [2.45, 2.75) is 58.7 Å². The number of ether oxygens (including phenoxy) is 6. The van der Waals surface area contributed by atoms with Crippen LogP contribution in [0.3, 0.4) is 0 Å². The average molecular weight is 877 g/mol. The second kappa shape index (κ2) is 24.9. The normalized spacial score (nSPS) is 16.5. The minimum absolute atomic E-state index is 0.00508. The first-order valence-corrected chi connectivity index (χ1v) is 20.5. The molecule has 4 aromatic carbocycles. The molecule has 18 heteroatoms. The summed E-state index contributed by atoms with van der Waals surface area (Å²) in [5, 5.41) is 27.7. The average Bonchev–Trinajstić information content (AvgIpc) is 3.28. The lowest BCUT2D eigenvalue weighted by Crippen LogP contribution is -2.45. The number of aliphatic hydroxyl groups is 1. The van der Waals surface area contributed by atoms with Crippen LogP contribution >= 0.6 is 0 Å². The summed E-state index contributed by atoms with van der Waals surface area (Å²) >= 11 is 0. The van der Waals surface area contributed by atoms with Gasteiger partial charge in [0.2, 0.25) is 12.7 Å². The molecule has 2 aliphatic heterocycles. The number of nitrogens with one attached hydrogen (secondary N) is 1. The van der Waals surface area contributed by atoms with Crippen molar-refractivity contribution in [2.24, 2.45) is 5.16 Å². The fourth-order valence-electron chi connectivity index (χ4n) is 6.75. The van der Waals surface area contributed by atoms with Crippen LogP contribution in [-0.4, -0.2) is 142 Å². The van der Waals surface area contributed by atoms with E-state index in [1.54, 1.807) is 44.4 Å². The van der Waals surface area contributed by atoms with Gasteiger partial charge in [-0.15, -0.1) is 5.16 Å². The third-order valence-electron chi connectivity index (χ3n) is 9.77. The number of carbonyl (C=O) groups is 5. The number of hydrogen-bond acceptors (Lipinski definition) is 14. The van der Waals surface area contributed by atoms with E-state index in [1.807, 2.05) is 44.2 Å². The molecule has 340 valence electrons. The third-order valence-corrected chi connectivity index (χ3v) is 9.77. The van der Waals surface area contributed by atoms with Gasteiger partial charge < -0.3 is 53.7 Å². The van der Waals surface area contributed by atoms with Crippen LogP contribution in [0, 0.1) is 6.92 Å². The third kappa shape index (κ3) is 13.3. The standard InChI is InChI=1S/C35H34N2O10.C8H16N2O4.C2H6/c1-19-14-20(8-10-26(19)46-29-17-22(38)16-28(47-29)34(41)42)18-45-35(43)36(2)12-13-37-32(39)24-9-11-27(44-3)25-15-21-6-4-5-7-23(21)31(30(24)25)33(37)40;1-9-14-7-6-13-5-4-12-3-2-10-8-11;1-2/h4-11,14-15,22,28-29,38H,12-13,16-18H2,1-3H3,(H,41,42);8H,1-7H2,(H,10,11);1-2H3. The number of aliphatic hydroxyl groups excluding tert-OH is 1. The van der Waals surface area contributed by atoms with E-state index < -0.39 is 42.4 Å². The molecule has 18 nitrogen and oxygen atoms in total. The number of aryl methyl sites for hydroxylation is 1. The molecule has 3 atom stereocenters. The van der Waals surface area contributed by atoms with Gasteiger partial charge in [0.15, 0.2) is 6.10 Å². The molecule has 4 aromatic rings. The molecule has 0 bridgehead atoms. The number of carboxylic acids is 1. The van der Waals surface area contributed by atoms with Gasteiger partial charge in [-0.25, -0.2) is 9.59 Å². The van der Waals surface area contributed by atoms with Crippen molar-refractivity contribution in [3.8, 4) is 11.5 Å². The lowest BCUT2D eigenvalue weighted by atomic mass is 9.89. The summed E-state index contributed by atoms with van der Waals surface area (Å²) in [6, 6.07) is 17.9. The van der Waals surface area contributed by atoms with Crippen LogP contribution in [0.1, 0.15) is 58.5 Å². The van der Waals surface area contributed by atoms with Gasteiger partial charge in [-0.05, 0) is 59.2 Å². The molecular formula is C45H56N4O14. The molecule has 63 heavy (non-hydrogen) atoms. The molecular weight excluding hydrogens is 821 g/mol. The molecule has 0 radical (unpaired) electrons. The minimum atomic E-state index is -1.16. The molecule has 6 rings (SSSR count). The van der Waals surface area contributed by atoms with Gasteiger partial charge in [0.25, 0.3) is 11.8 Å². The van der Waals surface area contributed by atoms with E-state index in [0.29, 0.717) is 90.5 Å². The van der Waals surface area contributed by atoms with Crippen LogP contribution in [0.2, 0.25) is 0 Å². The monoisotopic (exact) mass is 876 g/mol. The highest BCUT2D eigenvalue weighted by Crippen LogP contribution is 2.40. The molecule has 4 amide bonds. The van der Waals surface area contributed by atoms with Crippen molar-refractivity contribution < 1.29 is 67.4 Å². The fraction of sp³-hybridized carbons (Fsp3) is 0.422. The SMILES string of the molecule is C=NOCCOCCOCCNC=O.CC.COc1ccc2c3c(c4ccccc4cc13)C(=O)N(CCN(C)C(=O)OCc1ccc(OC3CC(O)CC(C(=O)O)O3)c(C)c1)C2=O. The maximum absolute atomic E-state index is 13.8. The van der Waals surface area contributed by atoms with Gasteiger partial charge in [-0.2, -0.15) is 0 Å². The largest absolute Gasteiger partial charge is 0.496 e. The fourth-order valence-corrected chi connectivity index (χ4v) is 6.75. The quantitative estimate of drug-likeness (QED) is 0.0268. The Balaban J connectivity index is 0.000000466. The van der Waals surface area contributed by atoms with Crippen LogP contribution in [0.25, 0.3) is 21.5 Å². The van der Waals surface area contributed by atoms with E-state index in [-0.39, 0.29) is 32.5 Å². The van der Waals surface area contributed by atoms with Crippen molar-refractivity contribution in [2.75, 3.05) is 66.8 Å². The number of nitrogens with zero attached hydrogens (tertiary/aromatic N) is 3. The second-order valence-electron chi connectivity index (χ2n) is 13.9. The molecule has 0 spiro atoms. The van der Waals surface area contributed by atoms with Crippen molar-refractivity contribution in [3.63, 3.8) is 0 Å². The highest BCUT2D eigenvalue weighted by atomic mass is 16.7. The van der Waals surface area contributed by atoms with Crippen LogP contribution in [-0.2, 0) is 40.0 Å². The van der Waals surface area contributed by atoms with Crippen molar-refractivity contribution in [1.82, 2.24) is 15.1 Å². The summed E-state index contributed by atoms with van der Waals surface area (Å²) in [5.41, 5.74) is 2.19. The van der Waals surface area contributed by atoms with Crippen molar-refractivity contribution >= 4 is 58.5 Å². The van der Waals surface area contributed by atoms with Gasteiger partial charge in [-0.1, -0.05) is 44.2 Å². The Bertz CT molecular complexity index is 2180. The van der Waals surface area contributed by atoms with Gasteiger partial charge >= 0.3 is 12.1 Å². The summed E-state index contributed by atoms with van der Waals surface area (Å²) in [5.74, 6) is -1.04. The van der Waals surface area contributed by atoms with Crippen molar-refractivity contribution in [1.29, 1.82) is 0 Å². The number of aliphatic carboxylic acids is 1. The Labute approximate surface area is 365 Å². The zero-order valence-electron chi connectivity index (χ0n) is 36.2. The molecule has 3 N–H and O–H groups in total. The molecule has 3 unspecified atom stereocenters. The summed E-state index contributed by atoms with van der Waals surface area (Å²) in [7, 11) is 3.07. The number of hydrogen-bond donors (Lipinski definition) is 3. The molecule has 2 heterocycles. The predicted octanol–water partition coefficient (Wildman–Crippen LogP) is 4.93. The Kier molecular flexibility index (Phi) is 19.5. The van der Waals surface area contributed by atoms with E-state index >= 15 is 0 Å². The van der Waals surface area contributed by atoms with Gasteiger partial charge in [0, 0.05) is 62.6 Å². The number of amides is 4. The first kappa shape index (κ1) is 49.3. The lowest BCUT2D eigenvalue weighted by Gasteiger charge is -2.31. The maximum Gasteiger partial charge on any atom is 0.409 e. The summed E-state index contributed by atoms with van der Waals surface area (Å²) in [6.45, 7) is 11.8. The topological polar surface area (TPSA) is 221 Å². The maximum atomic E-state index is 13.8. The Morgan fingerprint density at radius 2 is 1.68 bits per heavy atom.